The Kier molecular flexibility index (Phi) is 5.85. The van der Waals surface area contributed by atoms with Crippen LogP contribution in [0.3, 0.4) is 0 Å². The monoisotopic (exact) mass is 450 g/mol. The van der Waals surface area contributed by atoms with Crippen LogP contribution in [0.1, 0.15) is 23.7 Å². The Bertz CT molecular complexity index is 1100. The van der Waals surface area contributed by atoms with E-state index in [0.717, 1.165) is 26.1 Å². The highest BCUT2D eigenvalue weighted by Gasteiger charge is 2.54. The third kappa shape index (κ3) is 4.48. The number of piperidine rings is 1. The first-order valence-corrected chi connectivity index (χ1v) is 11.2. The van der Waals surface area contributed by atoms with Crippen molar-refractivity contribution in [3.05, 3.63) is 77.7 Å². The van der Waals surface area contributed by atoms with Crippen molar-refractivity contribution in [1.29, 1.82) is 0 Å². The molecule has 2 fully saturated rings. The van der Waals surface area contributed by atoms with Gasteiger partial charge in [0.2, 0.25) is 5.89 Å². The number of carbonyl (C=O) groups excluding carboxylic acids is 1. The van der Waals surface area contributed by atoms with E-state index in [2.05, 4.69) is 39.3 Å². The van der Waals surface area contributed by atoms with E-state index in [0.29, 0.717) is 36.5 Å². The number of rotatable bonds is 6. The fourth-order valence-electron chi connectivity index (χ4n) is 5.12. The van der Waals surface area contributed by atoms with E-state index in [1.165, 1.54) is 29.8 Å². The average Bonchev–Trinajstić information content (AvgIpc) is 3.42. The normalized spacial score (nSPS) is 22.8. The number of fused-ring (bicyclic) bond motifs is 1. The molecule has 3 heterocycles. The highest BCUT2D eigenvalue weighted by Crippen LogP contribution is 2.44. The number of hydrogen-bond acceptors (Lipinski definition) is 6. The van der Waals surface area contributed by atoms with Gasteiger partial charge in [-0.15, -0.1) is 0 Å². The van der Waals surface area contributed by atoms with Crippen LogP contribution in [0.15, 0.2) is 59.1 Å². The second-order valence-corrected chi connectivity index (χ2v) is 8.99. The molecule has 5 rings (SSSR count). The lowest BCUT2D eigenvalue weighted by Gasteiger charge is -2.42. The molecular formula is C25H27FN4O3. The molecule has 2 aromatic carbocycles. The van der Waals surface area contributed by atoms with E-state index >= 15 is 0 Å². The van der Waals surface area contributed by atoms with Gasteiger partial charge in [-0.25, -0.2) is 4.39 Å². The Morgan fingerprint density at radius 2 is 1.97 bits per heavy atom. The zero-order valence-corrected chi connectivity index (χ0v) is 18.6. The second-order valence-electron chi connectivity index (χ2n) is 8.99. The lowest BCUT2D eigenvalue weighted by atomic mass is 9.72. The molecule has 0 unspecified atom stereocenters. The van der Waals surface area contributed by atoms with Crippen LogP contribution in [0.5, 0.6) is 5.75 Å². The summed E-state index contributed by atoms with van der Waals surface area (Å²) in [5.74, 6) is 1.58. The Morgan fingerprint density at radius 3 is 2.70 bits per heavy atom. The minimum atomic E-state index is -0.379. The number of carbonyl (C=O) groups is 1. The van der Waals surface area contributed by atoms with Crippen LogP contribution < -0.4 is 4.74 Å². The average molecular weight is 451 g/mol. The van der Waals surface area contributed by atoms with E-state index in [-0.39, 0.29) is 23.7 Å². The molecule has 1 amide bonds. The zero-order chi connectivity index (χ0) is 22.8. The Balaban J connectivity index is 1.32. The Morgan fingerprint density at radius 1 is 1.18 bits per heavy atom. The fraction of sp³-hybridized carbons (Fsp3) is 0.400. The summed E-state index contributed by atoms with van der Waals surface area (Å²) < 4.78 is 24.1. The van der Waals surface area contributed by atoms with E-state index in [1.54, 1.807) is 6.92 Å². The first-order chi connectivity index (χ1) is 16.0. The van der Waals surface area contributed by atoms with Crippen LogP contribution in [-0.2, 0) is 16.8 Å². The molecule has 0 bridgehead atoms. The minimum Gasteiger partial charge on any atom is -0.484 e. The molecule has 2 atom stereocenters. The second kappa shape index (κ2) is 8.94. The van der Waals surface area contributed by atoms with Crippen molar-refractivity contribution in [3.63, 3.8) is 0 Å². The first kappa shape index (κ1) is 21.6. The summed E-state index contributed by atoms with van der Waals surface area (Å²) in [6.07, 6.45) is 0.862. The molecule has 0 N–H and O–H groups in total. The maximum Gasteiger partial charge on any atom is 0.260 e. The van der Waals surface area contributed by atoms with Gasteiger partial charge in [-0.1, -0.05) is 35.5 Å². The number of amides is 1. The molecule has 0 aliphatic carbocycles. The Labute approximate surface area is 192 Å². The number of hydrogen-bond donors (Lipinski definition) is 0. The quantitative estimate of drug-likeness (QED) is 0.574. The molecule has 2 saturated heterocycles. The predicted octanol–water partition coefficient (Wildman–Crippen LogP) is 3.20. The smallest absolute Gasteiger partial charge is 0.260 e. The van der Waals surface area contributed by atoms with Crippen molar-refractivity contribution >= 4 is 5.91 Å². The fourth-order valence-corrected chi connectivity index (χ4v) is 5.12. The number of aromatic nitrogens is 2. The van der Waals surface area contributed by atoms with Crippen molar-refractivity contribution in [2.45, 2.75) is 25.3 Å². The summed E-state index contributed by atoms with van der Waals surface area (Å²) in [6.45, 7) is 5.41. The SMILES string of the molecule is Cc1nc([C@@]23CN(Cc4ccccc4)C[C@@H]2CCN(C(=O)COc2ccc(F)cc2)C3)no1. The molecule has 0 saturated carbocycles. The van der Waals surface area contributed by atoms with Crippen molar-refractivity contribution in [2.24, 2.45) is 5.92 Å². The largest absolute Gasteiger partial charge is 0.484 e. The van der Waals surface area contributed by atoms with Crippen LogP contribution >= 0.6 is 0 Å². The standard InChI is InChI=1S/C25H27FN4O3/c1-18-27-24(28-33-18)25-16-29(13-19-5-3-2-4-6-19)14-20(25)11-12-30(17-25)23(31)15-32-22-9-7-21(26)8-10-22/h2-10,20H,11-17H2,1H3/t20-,25+/m0/s1. The summed E-state index contributed by atoms with van der Waals surface area (Å²) in [4.78, 5) is 21.9. The van der Waals surface area contributed by atoms with Crippen LogP contribution in [-0.4, -0.2) is 58.6 Å². The highest BCUT2D eigenvalue weighted by molar-refractivity contribution is 5.78. The summed E-state index contributed by atoms with van der Waals surface area (Å²) in [5.41, 5.74) is 0.882. The third-order valence-corrected chi connectivity index (χ3v) is 6.74. The summed E-state index contributed by atoms with van der Waals surface area (Å²) in [6, 6.07) is 16.1. The van der Waals surface area contributed by atoms with E-state index in [9.17, 15) is 9.18 Å². The lowest BCUT2D eigenvalue weighted by molar-refractivity contribution is -0.136. The summed E-state index contributed by atoms with van der Waals surface area (Å²) in [5, 5.41) is 4.29. The number of halogens is 1. The molecule has 0 radical (unpaired) electrons. The van der Waals surface area contributed by atoms with Crippen LogP contribution in [0.4, 0.5) is 4.39 Å². The van der Waals surface area contributed by atoms with Gasteiger partial charge in [0.15, 0.2) is 12.4 Å². The molecule has 7 nitrogen and oxygen atoms in total. The lowest BCUT2D eigenvalue weighted by Crippen LogP contribution is -2.54. The van der Waals surface area contributed by atoms with Crippen LogP contribution in [0.25, 0.3) is 0 Å². The zero-order valence-electron chi connectivity index (χ0n) is 18.6. The number of benzene rings is 2. The molecule has 2 aliphatic rings. The third-order valence-electron chi connectivity index (χ3n) is 6.74. The van der Waals surface area contributed by atoms with Gasteiger partial charge in [0.1, 0.15) is 11.6 Å². The number of ether oxygens (including phenoxy) is 1. The topological polar surface area (TPSA) is 71.7 Å². The summed E-state index contributed by atoms with van der Waals surface area (Å²) in [7, 11) is 0. The van der Waals surface area contributed by atoms with E-state index in [4.69, 9.17) is 9.26 Å². The van der Waals surface area contributed by atoms with Crippen molar-refractivity contribution in [3.8, 4) is 5.75 Å². The molecule has 172 valence electrons. The predicted molar refractivity (Wildman–Crippen MR) is 119 cm³/mol. The molecule has 8 heteroatoms. The molecule has 0 spiro atoms. The van der Waals surface area contributed by atoms with Gasteiger partial charge >= 0.3 is 0 Å². The van der Waals surface area contributed by atoms with Gasteiger partial charge < -0.3 is 14.2 Å². The van der Waals surface area contributed by atoms with Crippen LogP contribution in [0.2, 0.25) is 0 Å². The molecular weight excluding hydrogens is 423 g/mol. The Hall–Kier alpha value is -3.26. The van der Waals surface area contributed by atoms with Gasteiger partial charge in [0.05, 0.1) is 5.41 Å². The summed E-state index contributed by atoms with van der Waals surface area (Å²) >= 11 is 0. The highest BCUT2D eigenvalue weighted by atomic mass is 19.1. The van der Waals surface area contributed by atoms with Crippen LogP contribution in [0, 0.1) is 18.7 Å². The van der Waals surface area contributed by atoms with E-state index in [1.807, 2.05) is 11.0 Å². The maximum absolute atomic E-state index is 13.1. The van der Waals surface area contributed by atoms with Gasteiger partial charge in [-0.2, -0.15) is 4.98 Å². The first-order valence-electron chi connectivity index (χ1n) is 11.2. The van der Waals surface area contributed by atoms with Crippen molar-refractivity contribution < 1.29 is 18.4 Å². The van der Waals surface area contributed by atoms with E-state index < -0.39 is 0 Å². The van der Waals surface area contributed by atoms with Crippen molar-refractivity contribution in [2.75, 3.05) is 32.8 Å². The molecule has 1 aromatic heterocycles. The molecule has 33 heavy (non-hydrogen) atoms. The van der Waals surface area contributed by atoms with Gasteiger partial charge in [0, 0.05) is 39.6 Å². The van der Waals surface area contributed by atoms with Gasteiger partial charge in [0.25, 0.3) is 5.91 Å². The number of aryl methyl sites for hydroxylation is 1. The minimum absolute atomic E-state index is 0.0919. The molecule has 3 aromatic rings. The van der Waals surface area contributed by atoms with Crippen molar-refractivity contribution in [1.82, 2.24) is 19.9 Å². The number of likely N-dealkylation sites (tertiary alicyclic amines) is 2. The number of nitrogens with zero attached hydrogens (tertiary/aromatic N) is 4. The van der Waals surface area contributed by atoms with Gasteiger partial charge in [-0.05, 0) is 42.2 Å². The maximum atomic E-state index is 13.1. The molecule has 2 aliphatic heterocycles. The van der Waals surface area contributed by atoms with Gasteiger partial charge in [-0.3, -0.25) is 9.69 Å².